The Morgan fingerprint density at radius 1 is 1.05 bits per heavy atom. The lowest BCUT2D eigenvalue weighted by atomic mass is 9.95. The Balaban J connectivity index is 1.94. The van der Waals surface area contributed by atoms with Gasteiger partial charge in [-0.05, 0) is 36.8 Å². The largest absolute Gasteiger partial charge is 0.493 e. The van der Waals surface area contributed by atoms with Gasteiger partial charge in [-0.25, -0.2) is 0 Å². The summed E-state index contributed by atoms with van der Waals surface area (Å²) in [7, 11) is 3.18. The van der Waals surface area contributed by atoms with Crippen molar-refractivity contribution in [3.63, 3.8) is 0 Å². The molecule has 1 aliphatic heterocycles. The molecular weight excluding hydrogens is 280 g/mol. The van der Waals surface area contributed by atoms with Gasteiger partial charge in [0, 0.05) is 0 Å². The second kappa shape index (κ2) is 5.72. The van der Waals surface area contributed by atoms with Crippen LogP contribution in [-0.4, -0.2) is 20.0 Å². The molecule has 4 heteroatoms. The highest BCUT2D eigenvalue weighted by atomic mass is 16.5. The van der Waals surface area contributed by atoms with Crippen LogP contribution < -0.4 is 14.2 Å². The Morgan fingerprint density at radius 3 is 2.55 bits per heavy atom. The molecule has 0 saturated carbocycles. The standard InChI is InChI=1S/C18H18O4/c1-11-4-6-15-13(8-11)14(19)10-17(22-15)12-5-7-16(20-2)18(9-12)21-3/h4-9,17H,10H2,1-3H3. The van der Waals surface area contributed by atoms with Crippen LogP contribution in [0.2, 0.25) is 0 Å². The number of aryl methyl sites for hydroxylation is 1. The maximum absolute atomic E-state index is 12.4. The number of rotatable bonds is 3. The molecule has 0 aromatic heterocycles. The van der Waals surface area contributed by atoms with E-state index in [2.05, 4.69) is 0 Å². The number of ether oxygens (including phenoxy) is 3. The van der Waals surface area contributed by atoms with E-state index >= 15 is 0 Å². The predicted octanol–water partition coefficient (Wildman–Crippen LogP) is 3.72. The molecule has 0 saturated heterocycles. The molecule has 114 valence electrons. The van der Waals surface area contributed by atoms with Gasteiger partial charge in [0.2, 0.25) is 0 Å². The van der Waals surface area contributed by atoms with Gasteiger partial charge in [0.15, 0.2) is 17.3 Å². The molecule has 1 unspecified atom stereocenters. The normalized spacial score (nSPS) is 16.7. The molecule has 22 heavy (non-hydrogen) atoms. The molecule has 4 nitrogen and oxygen atoms in total. The van der Waals surface area contributed by atoms with Crippen molar-refractivity contribution in [1.29, 1.82) is 0 Å². The van der Waals surface area contributed by atoms with Gasteiger partial charge in [-0.3, -0.25) is 4.79 Å². The number of hydrogen-bond acceptors (Lipinski definition) is 4. The summed E-state index contributed by atoms with van der Waals surface area (Å²) >= 11 is 0. The molecule has 0 N–H and O–H groups in total. The molecule has 0 bridgehead atoms. The highest BCUT2D eigenvalue weighted by Crippen LogP contribution is 2.38. The van der Waals surface area contributed by atoms with Crippen LogP contribution in [0.5, 0.6) is 17.2 Å². The summed E-state index contributed by atoms with van der Waals surface area (Å²) in [5, 5.41) is 0. The minimum atomic E-state index is -0.303. The monoisotopic (exact) mass is 298 g/mol. The van der Waals surface area contributed by atoms with E-state index in [-0.39, 0.29) is 11.9 Å². The molecule has 0 aliphatic carbocycles. The second-order valence-electron chi connectivity index (χ2n) is 5.35. The van der Waals surface area contributed by atoms with Gasteiger partial charge in [0.05, 0.1) is 26.2 Å². The molecule has 1 heterocycles. The number of ketones is 1. The summed E-state index contributed by atoms with van der Waals surface area (Å²) in [5.74, 6) is 2.03. The van der Waals surface area contributed by atoms with Crippen LogP contribution in [0.1, 0.15) is 34.0 Å². The molecule has 1 atom stereocenters. The summed E-state index contributed by atoms with van der Waals surface area (Å²) in [6.45, 7) is 1.97. The summed E-state index contributed by atoms with van der Waals surface area (Å²) in [4.78, 5) is 12.4. The molecular formula is C18H18O4. The van der Waals surface area contributed by atoms with Crippen molar-refractivity contribution in [3.05, 3.63) is 53.1 Å². The third-order valence-corrected chi connectivity index (χ3v) is 3.85. The highest BCUT2D eigenvalue weighted by molar-refractivity contribution is 6.00. The lowest BCUT2D eigenvalue weighted by molar-refractivity contribution is 0.0849. The fourth-order valence-electron chi connectivity index (χ4n) is 2.68. The first-order valence-corrected chi connectivity index (χ1v) is 7.15. The van der Waals surface area contributed by atoms with Crippen LogP contribution in [0.15, 0.2) is 36.4 Å². The molecule has 2 aromatic carbocycles. The molecule has 2 aromatic rings. The summed E-state index contributed by atoms with van der Waals surface area (Å²) in [6.07, 6.45) is 0.0221. The van der Waals surface area contributed by atoms with Crippen molar-refractivity contribution in [2.45, 2.75) is 19.4 Å². The summed E-state index contributed by atoms with van der Waals surface area (Å²) in [6, 6.07) is 11.3. The lowest BCUT2D eigenvalue weighted by Gasteiger charge is -2.26. The SMILES string of the molecule is COc1ccc(C2CC(=O)c3cc(C)ccc3O2)cc1OC. The first-order valence-electron chi connectivity index (χ1n) is 7.15. The van der Waals surface area contributed by atoms with E-state index in [1.165, 1.54) is 0 Å². The third kappa shape index (κ3) is 2.52. The number of hydrogen-bond donors (Lipinski definition) is 0. The Hall–Kier alpha value is -2.49. The third-order valence-electron chi connectivity index (χ3n) is 3.85. The minimum absolute atomic E-state index is 0.102. The van der Waals surface area contributed by atoms with Crippen molar-refractivity contribution < 1.29 is 19.0 Å². The first kappa shape index (κ1) is 14.4. The van der Waals surface area contributed by atoms with Gasteiger partial charge in [0.1, 0.15) is 11.9 Å². The molecule has 0 radical (unpaired) electrons. The fraction of sp³-hybridized carbons (Fsp3) is 0.278. The quantitative estimate of drug-likeness (QED) is 0.866. The number of benzene rings is 2. The Morgan fingerprint density at radius 2 is 1.82 bits per heavy atom. The molecule has 3 rings (SSSR count). The Kier molecular flexibility index (Phi) is 3.75. The number of fused-ring (bicyclic) bond motifs is 1. The highest BCUT2D eigenvalue weighted by Gasteiger charge is 2.28. The van der Waals surface area contributed by atoms with E-state index in [0.717, 1.165) is 11.1 Å². The zero-order chi connectivity index (χ0) is 15.7. The van der Waals surface area contributed by atoms with Gasteiger partial charge in [0.25, 0.3) is 0 Å². The zero-order valence-corrected chi connectivity index (χ0v) is 12.9. The smallest absolute Gasteiger partial charge is 0.170 e. The van der Waals surface area contributed by atoms with E-state index in [1.54, 1.807) is 14.2 Å². The molecule has 1 aliphatic rings. The van der Waals surface area contributed by atoms with Gasteiger partial charge in [-0.2, -0.15) is 0 Å². The van der Waals surface area contributed by atoms with Crippen LogP contribution in [-0.2, 0) is 0 Å². The summed E-state index contributed by atoms with van der Waals surface area (Å²) < 4.78 is 16.5. The maximum Gasteiger partial charge on any atom is 0.170 e. The minimum Gasteiger partial charge on any atom is -0.493 e. The average molecular weight is 298 g/mol. The van der Waals surface area contributed by atoms with Crippen LogP contribution in [0.4, 0.5) is 0 Å². The van der Waals surface area contributed by atoms with E-state index in [4.69, 9.17) is 14.2 Å². The molecule has 0 spiro atoms. The van der Waals surface area contributed by atoms with Gasteiger partial charge >= 0.3 is 0 Å². The lowest BCUT2D eigenvalue weighted by Crippen LogP contribution is -2.20. The maximum atomic E-state index is 12.4. The van der Waals surface area contributed by atoms with Crippen molar-refractivity contribution in [2.24, 2.45) is 0 Å². The zero-order valence-electron chi connectivity index (χ0n) is 12.9. The average Bonchev–Trinajstić information content (AvgIpc) is 2.54. The molecule has 0 fully saturated rings. The van der Waals surface area contributed by atoms with Gasteiger partial charge in [-0.15, -0.1) is 0 Å². The second-order valence-corrected chi connectivity index (χ2v) is 5.35. The fourth-order valence-corrected chi connectivity index (χ4v) is 2.68. The van der Waals surface area contributed by atoms with Crippen molar-refractivity contribution in [3.8, 4) is 17.2 Å². The van der Waals surface area contributed by atoms with Crippen LogP contribution in [0.25, 0.3) is 0 Å². The van der Waals surface area contributed by atoms with Crippen LogP contribution >= 0.6 is 0 Å². The Bertz CT molecular complexity index is 721. The van der Waals surface area contributed by atoms with Crippen LogP contribution in [0, 0.1) is 6.92 Å². The van der Waals surface area contributed by atoms with E-state index in [9.17, 15) is 4.79 Å². The number of carbonyl (C=O) groups is 1. The van der Waals surface area contributed by atoms with E-state index < -0.39 is 0 Å². The topological polar surface area (TPSA) is 44.8 Å². The van der Waals surface area contributed by atoms with Crippen molar-refractivity contribution >= 4 is 5.78 Å². The van der Waals surface area contributed by atoms with E-state index in [0.29, 0.717) is 29.2 Å². The number of Topliss-reactive ketones (excluding diaryl/α,β-unsaturated/α-hetero) is 1. The van der Waals surface area contributed by atoms with Gasteiger partial charge < -0.3 is 14.2 Å². The predicted molar refractivity (Wildman–Crippen MR) is 83.0 cm³/mol. The number of methoxy groups -OCH3 is 2. The Labute approximate surface area is 129 Å². The molecule has 0 amide bonds. The van der Waals surface area contributed by atoms with E-state index in [1.807, 2.05) is 43.3 Å². The van der Waals surface area contributed by atoms with Crippen LogP contribution in [0.3, 0.4) is 0 Å². The van der Waals surface area contributed by atoms with Gasteiger partial charge in [-0.1, -0.05) is 17.7 Å². The summed E-state index contributed by atoms with van der Waals surface area (Å²) in [5.41, 5.74) is 2.62. The number of carbonyl (C=O) groups excluding carboxylic acids is 1. The van der Waals surface area contributed by atoms with Crippen molar-refractivity contribution in [2.75, 3.05) is 14.2 Å². The first-order chi connectivity index (χ1) is 10.6. The van der Waals surface area contributed by atoms with Crippen molar-refractivity contribution in [1.82, 2.24) is 0 Å².